The number of anilines is 3. The number of rotatable bonds is 6. The fourth-order valence-electron chi connectivity index (χ4n) is 4.87. The SMILES string of the molecule is CC.CN1CCN(c2ccc(Nc3ncc4ccc(=O)n(Cc5ccccc5C5CC5)c4n3)cc2)CC1. The highest BCUT2D eigenvalue weighted by Gasteiger charge is 2.26. The van der Waals surface area contributed by atoms with Crippen LogP contribution in [0.1, 0.15) is 43.7 Å². The van der Waals surface area contributed by atoms with Crippen LogP contribution in [-0.4, -0.2) is 52.7 Å². The van der Waals surface area contributed by atoms with E-state index in [1.165, 1.54) is 29.7 Å². The summed E-state index contributed by atoms with van der Waals surface area (Å²) in [5, 5.41) is 4.17. The van der Waals surface area contributed by atoms with Gasteiger partial charge in [0.1, 0.15) is 5.65 Å². The molecule has 7 nitrogen and oxygen atoms in total. The lowest BCUT2D eigenvalue weighted by molar-refractivity contribution is 0.313. The summed E-state index contributed by atoms with van der Waals surface area (Å²) in [7, 11) is 2.17. The number of nitrogens with zero attached hydrogens (tertiary/aromatic N) is 5. The van der Waals surface area contributed by atoms with Gasteiger partial charge in [-0.3, -0.25) is 9.36 Å². The fourth-order valence-corrected chi connectivity index (χ4v) is 4.87. The molecule has 192 valence electrons. The monoisotopic (exact) mass is 496 g/mol. The smallest absolute Gasteiger partial charge is 0.252 e. The molecule has 1 N–H and O–H groups in total. The van der Waals surface area contributed by atoms with Gasteiger partial charge in [-0.25, -0.2) is 4.98 Å². The molecule has 7 heteroatoms. The minimum Gasteiger partial charge on any atom is -0.369 e. The minimum absolute atomic E-state index is 0.0516. The van der Waals surface area contributed by atoms with Crippen molar-refractivity contribution in [3.05, 3.63) is 88.3 Å². The number of nitrogens with one attached hydrogen (secondary N) is 1. The second-order valence-corrected chi connectivity index (χ2v) is 9.67. The maximum absolute atomic E-state index is 12.9. The second-order valence-electron chi connectivity index (χ2n) is 9.67. The van der Waals surface area contributed by atoms with E-state index in [2.05, 4.69) is 69.6 Å². The van der Waals surface area contributed by atoms with E-state index in [-0.39, 0.29) is 5.56 Å². The Bertz CT molecular complexity index is 1400. The first-order valence-electron chi connectivity index (χ1n) is 13.4. The van der Waals surface area contributed by atoms with E-state index in [1.807, 2.05) is 19.9 Å². The van der Waals surface area contributed by atoms with Gasteiger partial charge in [0.15, 0.2) is 0 Å². The van der Waals surface area contributed by atoms with Gasteiger partial charge in [-0.2, -0.15) is 4.98 Å². The predicted molar refractivity (Wildman–Crippen MR) is 152 cm³/mol. The molecule has 2 fully saturated rings. The second kappa shape index (κ2) is 11.1. The highest BCUT2D eigenvalue weighted by molar-refractivity contribution is 5.76. The molecule has 0 atom stereocenters. The van der Waals surface area contributed by atoms with Gasteiger partial charge in [-0.15, -0.1) is 0 Å². The van der Waals surface area contributed by atoms with E-state index >= 15 is 0 Å². The van der Waals surface area contributed by atoms with Crippen LogP contribution in [0.5, 0.6) is 0 Å². The van der Waals surface area contributed by atoms with Crippen LogP contribution in [0.2, 0.25) is 0 Å². The van der Waals surface area contributed by atoms with Gasteiger partial charge in [-0.1, -0.05) is 38.1 Å². The minimum atomic E-state index is -0.0516. The van der Waals surface area contributed by atoms with Crippen molar-refractivity contribution in [3.63, 3.8) is 0 Å². The Morgan fingerprint density at radius 2 is 1.65 bits per heavy atom. The van der Waals surface area contributed by atoms with E-state index in [0.29, 0.717) is 24.1 Å². The Morgan fingerprint density at radius 1 is 0.919 bits per heavy atom. The van der Waals surface area contributed by atoms with Crippen LogP contribution in [0.3, 0.4) is 0 Å². The van der Waals surface area contributed by atoms with Crippen molar-refractivity contribution >= 4 is 28.4 Å². The Kier molecular flexibility index (Phi) is 7.51. The number of benzene rings is 2. The molecule has 0 unspecified atom stereocenters. The summed E-state index contributed by atoms with van der Waals surface area (Å²) in [6, 6.07) is 20.3. The highest BCUT2D eigenvalue weighted by Crippen LogP contribution is 2.41. The summed E-state index contributed by atoms with van der Waals surface area (Å²) in [6.07, 6.45) is 4.24. The van der Waals surface area contributed by atoms with E-state index in [1.54, 1.807) is 22.9 Å². The molecule has 2 aromatic carbocycles. The summed E-state index contributed by atoms with van der Waals surface area (Å²) in [5.74, 6) is 1.11. The molecule has 1 aliphatic heterocycles. The Morgan fingerprint density at radius 3 is 2.38 bits per heavy atom. The normalized spacial score (nSPS) is 15.8. The van der Waals surface area contributed by atoms with E-state index in [9.17, 15) is 4.79 Å². The number of pyridine rings is 1. The largest absolute Gasteiger partial charge is 0.369 e. The highest BCUT2D eigenvalue weighted by atomic mass is 16.1. The zero-order valence-electron chi connectivity index (χ0n) is 22.0. The maximum atomic E-state index is 12.9. The van der Waals surface area contributed by atoms with Crippen LogP contribution in [0.4, 0.5) is 17.3 Å². The first-order valence-corrected chi connectivity index (χ1v) is 13.4. The molecule has 1 aliphatic carbocycles. The van der Waals surface area contributed by atoms with E-state index in [0.717, 1.165) is 37.3 Å². The van der Waals surface area contributed by atoms with Crippen LogP contribution in [-0.2, 0) is 6.54 Å². The molecule has 37 heavy (non-hydrogen) atoms. The van der Waals surface area contributed by atoms with Gasteiger partial charge in [0.2, 0.25) is 5.95 Å². The molecular formula is C30H36N6O. The van der Waals surface area contributed by atoms with Crippen molar-refractivity contribution in [2.24, 2.45) is 0 Å². The average molecular weight is 497 g/mol. The zero-order chi connectivity index (χ0) is 25.8. The Balaban J connectivity index is 0.00000137. The van der Waals surface area contributed by atoms with Gasteiger partial charge in [0, 0.05) is 55.2 Å². The summed E-state index contributed by atoms with van der Waals surface area (Å²) in [5.41, 5.74) is 5.29. The number of fused-ring (bicyclic) bond motifs is 1. The third-order valence-corrected chi connectivity index (χ3v) is 7.12. The third kappa shape index (κ3) is 5.67. The molecule has 4 aromatic rings. The quantitative estimate of drug-likeness (QED) is 0.394. The van der Waals surface area contributed by atoms with Crippen LogP contribution in [0.25, 0.3) is 11.0 Å². The fraction of sp³-hybridized carbons (Fsp3) is 0.367. The summed E-state index contributed by atoms with van der Waals surface area (Å²) in [6.45, 7) is 8.76. The van der Waals surface area contributed by atoms with Crippen LogP contribution < -0.4 is 15.8 Å². The van der Waals surface area contributed by atoms with Crippen molar-refractivity contribution in [2.75, 3.05) is 43.4 Å². The topological polar surface area (TPSA) is 66.3 Å². The van der Waals surface area contributed by atoms with Crippen molar-refractivity contribution in [3.8, 4) is 0 Å². The van der Waals surface area contributed by atoms with Crippen molar-refractivity contribution in [2.45, 2.75) is 39.2 Å². The molecule has 0 amide bonds. The van der Waals surface area contributed by atoms with Gasteiger partial charge in [0.25, 0.3) is 5.56 Å². The molecular weight excluding hydrogens is 460 g/mol. The van der Waals surface area contributed by atoms with E-state index < -0.39 is 0 Å². The van der Waals surface area contributed by atoms with Gasteiger partial charge in [0.05, 0.1) is 6.54 Å². The standard InChI is InChI=1S/C28H30N6O.C2H6/c1-32-14-16-33(17-15-32)24-11-9-23(10-12-24)30-28-29-18-21-8-13-26(35)34(27(21)31-28)19-22-4-2-3-5-25(22)20-6-7-20;1-2/h2-5,8-13,18,20H,6-7,14-17,19H2,1H3,(H,29,30,31);1-2H3. The van der Waals surface area contributed by atoms with Gasteiger partial charge in [-0.05, 0) is 67.3 Å². The lowest BCUT2D eigenvalue weighted by Crippen LogP contribution is -2.44. The summed E-state index contributed by atoms with van der Waals surface area (Å²) >= 11 is 0. The molecule has 2 aromatic heterocycles. The number of piperazine rings is 1. The van der Waals surface area contributed by atoms with E-state index in [4.69, 9.17) is 4.98 Å². The lowest BCUT2D eigenvalue weighted by Gasteiger charge is -2.34. The first-order chi connectivity index (χ1) is 18.1. The average Bonchev–Trinajstić information content (AvgIpc) is 3.78. The van der Waals surface area contributed by atoms with Crippen LogP contribution in [0.15, 0.2) is 71.7 Å². The first kappa shape index (κ1) is 25.0. The Labute approximate surface area is 218 Å². The molecule has 2 aliphatic rings. The van der Waals surface area contributed by atoms with Crippen molar-refractivity contribution in [1.29, 1.82) is 0 Å². The van der Waals surface area contributed by atoms with Crippen LogP contribution in [0, 0.1) is 0 Å². The number of hydrogen-bond acceptors (Lipinski definition) is 6. The number of aromatic nitrogens is 3. The van der Waals surface area contributed by atoms with Crippen molar-refractivity contribution in [1.82, 2.24) is 19.4 Å². The third-order valence-electron chi connectivity index (χ3n) is 7.12. The zero-order valence-corrected chi connectivity index (χ0v) is 22.0. The number of likely N-dealkylation sites (N-methyl/N-ethyl adjacent to an activating group) is 1. The van der Waals surface area contributed by atoms with Gasteiger partial charge >= 0.3 is 0 Å². The van der Waals surface area contributed by atoms with Gasteiger partial charge < -0.3 is 15.1 Å². The molecule has 1 saturated carbocycles. The molecule has 6 rings (SSSR count). The summed E-state index contributed by atoms with van der Waals surface area (Å²) in [4.78, 5) is 26.9. The maximum Gasteiger partial charge on any atom is 0.252 e. The number of hydrogen-bond donors (Lipinski definition) is 1. The molecule has 0 bridgehead atoms. The Hall–Kier alpha value is -3.71. The predicted octanol–water partition coefficient (Wildman–Crippen LogP) is 5.24. The molecule has 3 heterocycles. The molecule has 0 radical (unpaired) electrons. The summed E-state index contributed by atoms with van der Waals surface area (Å²) < 4.78 is 1.76. The van der Waals surface area contributed by atoms with Crippen molar-refractivity contribution < 1.29 is 0 Å². The molecule has 0 spiro atoms. The van der Waals surface area contributed by atoms with Crippen LogP contribution >= 0.6 is 0 Å². The lowest BCUT2D eigenvalue weighted by atomic mass is 10.0. The molecule has 1 saturated heterocycles.